The molecule has 1 aliphatic rings. The van der Waals surface area contributed by atoms with Gasteiger partial charge in [-0.1, -0.05) is 24.8 Å². The van der Waals surface area contributed by atoms with Gasteiger partial charge in [0.2, 0.25) is 5.91 Å². The fourth-order valence-corrected chi connectivity index (χ4v) is 3.44. The van der Waals surface area contributed by atoms with Gasteiger partial charge in [0.15, 0.2) is 11.5 Å². The number of methoxy groups -OCH3 is 2. The summed E-state index contributed by atoms with van der Waals surface area (Å²) >= 11 is 0. The molecule has 2 amide bonds. The molecule has 0 radical (unpaired) electrons. The molecule has 0 N–H and O–H groups in total. The number of nitrogens with zero attached hydrogens (tertiary/aromatic N) is 2. The summed E-state index contributed by atoms with van der Waals surface area (Å²) in [4.78, 5) is 28.8. The van der Waals surface area contributed by atoms with Crippen molar-refractivity contribution in [3.05, 3.63) is 60.7 Å². The summed E-state index contributed by atoms with van der Waals surface area (Å²) in [7, 11) is 4.89. The van der Waals surface area contributed by atoms with Crippen LogP contribution in [0.25, 0.3) is 0 Å². The van der Waals surface area contributed by atoms with E-state index in [1.807, 2.05) is 36.2 Å². The molecule has 30 heavy (non-hydrogen) atoms. The third-order valence-corrected chi connectivity index (χ3v) is 5.00. The first-order valence-electron chi connectivity index (χ1n) is 9.60. The van der Waals surface area contributed by atoms with Crippen molar-refractivity contribution in [3.63, 3.8) is 0 Å². The van der Waals surface area contributed by atoms with Crippen LogP contribution in [0.5, 0.6) is 17.2 Å². The molecule has 3 rings (SSSR count). The molecular formula is C23H26N2O5. The van der Waals surface area contributed by atoms with E-state index in [4.69, 9.17) is 14.2 Å². The van der Waals surface area contributed by atoms with Crippen LogP contribution in [-0.2, 0) is 16.1 Å². The molecule has 1 heterocycles. The minimum atomic E-state index is -0.526. The summed E-state index contributed by atoms with van der Waals surface area (Å²) in [5.41, 5.74) is 1.50. The van der Waals surface area contributed by atoms with Crippen molar-refractivity contribution in [2.75, 3.05) is 32.8 Å². The van der Waals surface area contributed by atoms with Crippen molar-refractivity contribution in [1.82, 2.24) is 4.90 Å². The Balaban J connectivity index is 1.71. The van der Waals surface area contributed by atoms with E-state index in [9.17, 15) is 9.59 Å². The van der Waals surface area contributed by atoms with Gasteiger partial charge in [0.05, 0.1) is 32.4 Å². The lowest BCUT2D eigenvalue weighted by Crippen LogP contribution is -2.39. The Kier molecular flexibility index (Phi) is 6.74. The highest BCUT2D eigenvalue weighted by atomic mass is 16.5. The van der Waals surface area contributed by atoms with Crippen LogP contribution in [0, 0.1) is 0 Å². The lowest BCUT2D eigenvalue weighted by molar-refractivity contribution is -0.122. The summed E-state index contributed by atoms with van der Waals surface area (Å²) < 4.78 is 16.0. The summed E-state index contributed by atoms with van der Waals surface area (Å²) in [5, 5.41) is 0. The van der Waals surface area contributed by atoms with E-state index in [2.05, 4.69) is 6.58 Å². The van der Waals surface area contributed by atoms with Gasteiger partial charge in [0.1, 0.15) is 12.4 Å². The maximum atomic E-state index is 13.0. The monoisotopic (exact) mass is 410 g/mol. The molecule has 1 fully saturated rings. The number of carbonyl (C=O) groups excluding carboxylic acids is 2. The summed E-state index contributed by atoms with van der Waals surface area (Å²) in [5.74, 6) is 1.27. The van der Waals surface area contributed by atoms with Gasteiger partial charge in [0, 0.05) is 12.6 Å². The molecule has 0 aliphatic carbocycles. The first kappa shape index (κ1) is 21.4. The molecule has 2 aromatic rings. The number of benzene rings is 2. The Morgan fingerprint density at radius 3 is 2.43 bits per heavy atom. The van der Waals surface area contributed by atoms with Crippen molar-refractivity contribution in [2.45, 2.75) is 19.0 Å². The molecule has 0 spiro atoms. The number of rotatable bonds is 9. The van der Waals surface area contributed by atoms with Crippen molar-refractivity contribution >= 4 is 17.5 Å². The van der Waals surface area contributed by atoms with E-state index < -0.39 is 6.04 Å². The molecule has 158 valence electrons. The second-order valence-corrected chi connectivity index (χ2v) is 6.99. The quantitative estimate of drug-likeness (QED) is 0.468. The van der Waals surface area contributed by atoms with Crippen LogP contribution in [0.4, 0.5) is 5.69 Å². The molecule has 1 aliphatic heterocycles. The number of hydrogen-bond acceptors (Lipinski definition) is 6. The Hall–Kier alpha value is -3.32. The highest BCUT2D eigenvalue weighted by molar-refractivity contribution is 6.22. The second-order valence-electron chi connectivity index (χ2n) is 6.99. The van der Waals surface area contributed by atoms with Gasteiger partial charge >= 0.3 is 0 Å². The van der Waals surface area contributed by atoms with Crippen molar-refractivity contribution in [3.8, 4) is 17.2 Å². The van der Waals surface area contributed by atoms with Crippen LogP contribution in [0.15, 0.2) is 55.1 Å². The average Bonchev–Trinajstić information content (AvgIpc) is 3.06. The van der Waals surface area contributed by atoms with Crippen molar-refractivity contribution < 1.29 is 23.8 Å². The maximum Gasteiger partial charge on any atom is 0.251 e. The van der Waals surface area contributed by atoms with E-state index >= 15 is 0 Å². The number of likely N-dealkylation sites (N-methyl/N-ethyl adjacent to an activating group) is 1. The van der Waals surface area contributed by atoms with Crippen LogP contribution >= 0.6 is 0 Å². The van der Waals surface area contributed by atoms with E-state index in [0.29, 0.717) is 30.3 Å². The predicted octanol–water partition coefficient (Wildman–Crippen LogP) is 3.03. The smallest absolute Gasteiger partial charge is 0.251 e. The topological polar surface area (TPSA) is 68.3 Å². The lowest BCUT2D eigenvalue weighted by Gasteiger charge is -2.23. The Morgan fingerprint density at radius 2 is 1.80 bits per heavy atom. The van der Waals surface area contributed by atoms with Crippen LogP contribution in [0.3, 0.4) is 0 Å². The average molecular weight is 410 g/mol. The second kappa shape index (κ2) is 9.45. The van der Waals surface area contributed by atoms with E-state index in [0.717, 1.165) is 11.3 Å². The number of carbonyl (C=O) groups is 2. The number of amides is 2. The fraction of sp³-hybridized carbons (Fsp3) is 0.304. The third kappa shape index (κ3) is 4.46. The SMILES string of the molecule is C=CCOc1ccc(CN(C)[C@H]2CC(=O)N(c3ccc(OC)c(OC)c3)C2=O)cc1. The molecule has 0 aromatic heterocycles. The summed E-state index contributed by atoms with van der Waals surface area (Å²) in [6.45, 7) is 4.61. The fourth-order valence-electron chi connectivity index (χ4n) is 3.44. The van der Waals surface area contributed by atoms with Gasteiger partial charge in [0.25, 0.3) is 5.91 Å². The van der Waals surface area contributed by atoms with Crippen LogP contribution in [0.2, 0.25) is 0 Å². The Labute approximate surface area is 176 Å². The predicted molar refractivity (Wildman–Crippen MR) is 114 cm³/mol. The van der Waals surface area contributed by atoms with Gasteiger partial charge in [-0.25, -0.2) is 4.90 Å². The van der Waals surface area contributed by atoms with Gasteiger partial charge < -0.3 is 14.2 Å². The van der Waals surface area contributed by atoms with Gasteiger partial charge in [-0.3, -0.25) is 14.5 Å². The third-order valence-electron chi connectivity index (χ3n) is 5.00. The minimum Gasteiger partial charge on any atom is -0.493 e. The van der Waals surface area contributed by atoms with Gasteiger partial charge in [-0.15, -0.1) is 0 Å². The zero-order chi connectivity index (χ0) is 21.7. The Bertz CT molecular complexity index is 926. The number of hydrogen-bond donors (Lipinski definition) is 0. The molecule has 7 nitrogen and oxygen atoms in total. The summed E-state index contributed by atoms with van der Waals surface area (Å²) in [6, 6.07) is 12.1. The zero-order valence-electron chi connectivity index (χ0n) is 17.5. The molecule has 1 atom stereocenters. The lowest BCUT2D eigenvalue weighted by atomic mass is 10.1. The molecule has 0 unspecified atom stereocenters. The van der Waals surface area contributed by atoms with Crippen LogP contribution in [0.1, 0.15) is 12.0 Å². The summed E-state index contributed by atoms with van der Waals surface area (Å²) in [6.07, 6.45) is 1.82. The molecule has 0 saturated carbocycles. The molecular weight excluding hydrogens is 384 g/mol. The highest BCUT2D eigenvalue weighted by Gasteiger charge is 2.41. The van der Waals surface area contributed by atoms with E-state index in [-0.39, 0.29) is 18.2 Å². The van der Waals surface area contributed by atoms with Crippen molar-refractivity contribution in [2.24, 2.45) is 0 Å². The molecule has 1 saturated heterocycles. The number of anilines is 1. The van der Waals surface area contributed by atoms with Crippen LogP contribution in [-0.4, -0.2) is 50.6 Å². The standard InChI is InChI=1S/C23H26N2O5/c1-5-12-30-18-9-6-16(7-10-18)15-24(2)19-14-22(26)25(23(19)27)17-8-11-20(28-3)21(13-17)29-4/h5-11,13,19H,1,12,14-15H2,2-4H3/t19-/m0/s1. The largest absolute Gasteiger partial charge is 0.493 e. The van der Waals surface area contributed by atoms with E-state index in [1.54, 1.807) is 24.3 Å². The molecule has 7 heteroatoms. The normalized spacial score (nSPS) is 16.1. The zero-order valence-corrected chi connectivity index (χ0v) is 17.5. The molecule has 0 bridgehead atoms. The van der Waals surface area contributed by atoms with Gasteiger partial charge in [-0.05, 0) is 36.9 Å². The number of imide groups is 1. The van der Waals surface area contributed by atoms with Crippen molar-refractivity contribution in [1.29, 1.82) is 0 Å². The molecule has 2 aromatic carbocycles. The van der Waals surface area contributed by atoms with Crippen LogP contribution < -0.4 is 19.1 Å². The van der Waals surface area contributed by atoms with Gasteiger partial charge in [-0.2, -0.15) is 0 Å². The first-order chi connectivity index (χ1) is 14.5. The number of ether oxygens (including phenoxy) is 3. The van der Waals surface area contributed by atoms with E-state index in [1.165, 1.54) is 19.1 Å². The Morgan fingerprint density at radius 1 is 1.10 bits per heavy atom. The first-order valence-corrected chi connectivity index (χ1v) is 9.60. The highest BCUT2D eigenvalue weighted by Crippen LogP contribution is 2.34. The maximum absolute atomic E-state index is 13.0. The minimum absolute atomic E-state index is 0.129.